The van der Waals surface area contributed by atoms with E-state index in [0.717, 1.165) is 27.5 Å². The maximum Gasteiger partial charge on any atom is 0.287 e. The monoisotopic (exact) mass is 345 g/mol. The van der Waals surface area contributed by atoms with Crippen LogP contribution in [0.1, 0.15) is 16.1 Å². The van der Waals surface area contributed by atoms with Gasteiger partial charge in [-0.1, -0.05) is 41.9 Å². The molecular weight excluding hydrogens is 330 g/mol. The van der Waals surface area contributed by atoms with Crippen LogP contribution in [0.5, 0.6) is 0 Å². The van der Waals surface area contributed by atoms with Crippen molar-refractivity contribution in [3.05, 3.63) is 70.9 Å². The predicted octanol–water partition coefficient (Wildman–Crippen LogP) is 4.75. The van der Waals surface area contributed by atoms with E-state index in [4.69, 9.17) is 16.0 Å². The summed E-state index contributed by atoms with van der Waals surface area (Å²) in [6.07, 6.45) is 0. The largest absolute Gasteiger partial charge is 0.451 e. The summed E-state index contributed by atoms with van der Waals surface area (Å²) in [5.74, 6) is 1.92. The number of amides is 1. The molecule has 1 heterocycles. The van der Waals surface area contributed by atoms with Gasteiger partial charge in [0.25, 0.3) is 5.91 Å². The molecule has 0 spiro atoms. The van der Waals surface area contributed by atoms with Gasteiger partial charge < -0.3 is 9.73 Å². The van der Waals surface area contributed by atoms with E-state index in [1.807, 2.05) is 48.5 Å². The van der Waals surface area contributed by atoms with Gasteiger partial charge in [0.1, 0.15) is 5.58 Å². The fourth-order valence-corrected chi connectivity index (χ4v) is 3.13. The number of carbonyl (C=O) groups is 1. The van der Waals surface area contributed by atoms with Crippen LogP contribution in [0.25, 0.3) is 11.0 Å². The summed E-state index contributed by atoms with van der Waals surface area (Å²) in [5.41, 5.74) is 1.96. The topological polar surface area (TPSA) is 42.2 Å². The molecule has 0 saturated heterocycles. The zero-order valence-electron chi connectivity index (χ0n) is 12.4. The molecule has 0 bridgehead atoms. The molecule has 3 aromatic rings. The molecule has 3 nitrogen and oxygen atoms in total. The number of benzene rings is 2. The van der Waals surface area contributed by atoms with Crippen LogP contribution in [0.15, 0.2) is 59.0 Å². The van der Waals surface area contributed by atoms with Gasteiger partial charge in [0.2, 0.25) is 0 Å². The highest BCUT2D eigenvalue weighted by atomic mass is 35.5. The summed E-state index contributed by atoms with van der Waals surface area (Å²) in [6, 6.07) is 17.2. The Labute approximate surface area is 144 Å². The quantitative estimate of drug-likeness (QED) is 0.655. The second-order valence-corrected chi connectivity index (χ2v) is 6.63. The molecule has 3 rings (SSSR count). The third-order valence-corrected chi connectivity index (χ3v) is 4.65. The first-order valence-electron chi connectivity index (χ1n) is 7.31. The first-order valence-corrected chi connectivity index (χ1v) is 8.84. The Hall–Kier alpha value is -1.91. The number of hydrogen-bond acceptors (Lipinski definition) is 3. The lowest BCUT2D eigenvalue weighted by atomic mass is 10.2. The Kier molecular flexibility index (Phi) is 5.26. The van der Waals surface area contributed by atoms with Crippen molar-refractivity contribution in [2.24, 2.45) is 0 Å². The van der Waals surface area contributed by atoms with Crippen LogP contribution < -0.4 is 5.32 Å². The smallest absolute Gasteiger partial charge is 0.287 e. The maximum atomic E-state index is 12.1. The van der Waals surface area contributed by atoms with Gasteiger partial charge >= 0.3 is 0 Å². The Bertz CT molecular complexity index is 765. The minimum atomic E-state index is -0.173. The average Bonchev–Trinajstić information content (AvgIpc) is 3.00. The first kappa shape index (κ1) is 16.0. The summed E-state index contributed by atoms with van der Waals surface area (Å²) in [5, 5.41) is 4.57. The minimum absolute atomic E-state index is 0.173. The molecule has 0 aliphatic heterocycles. The van der Waals surface area contributed by atoms with E-state index in [2.05, 4.69) is 5.32 Å². The van der Waals surface area contributed by atoms with Crippen molar-refractivity contribution in [1.29, 1.82) is 0 Å². The number of furan rings is 1. The molecule has 1 amide bonds. The second kappa shape index (κ2) is 7.57. The fraction of sp³-hybridized carbons (Fsp3) is 0.167. The van der Waals surface area contributed by atoms with Gasteiger partial charge in [-0.25, -0.2) is 0 Å². The molecule has 0 aliphatic carbocycles. The van der Waals surface area contributed by atoms with Gasteiger partial charge in [0, 0.05) is 28.5 Å². The van der Waals surface area contributed by atoms with E-state index in [0.29, 0.717) is 12.3 Å². The summed E-state index contributed by atoms with van der Waals surface area (Å²) in [6.45, 7) is 0.605. The first-order chi connectivity index (χ1) is 11.2. The molecule has 1 aromatic heterocycles. The lowest BCUT2D eigenvalue weighted by molar-refractivity contribution is 0.0930. The molecule has 5 heteroatoms. The summed E-state index contributed by atoms with van der Waals surface area (Å²) < 4.78 is 5.54. The molecular formula is C18H16ClNO2S. The van der Waals surface area contributed by atoms with Crippen LogP contribution in [0.2, 0.25) is 5.02 Å². The van der Waals surface area contributed by atoms with Crippen molar-refractivity contribution < 1.29 is 9.21 Å². The van der Waals surface area contributed by atoms with Gasteiger partial charge in [-0.2, -0.15) is 11.8 Å². The molecule has 0 unspecified atom stereocenters. The summed E-state index contributed by atoms with van der Waals surface area (Å²) in [7, 11) is 0. The normalized spacial score (nSPS) is 10.8. The van der Waals surface area contributed by atoms with Crippen LogP contribution in [0, 0.1) is 0 Å². The third kappa shape index (κ3) is 4.30. The molecule has 0 saturated carbocycles. The molecule has 23 heavy (non-hydrogen) atoms. The van der Waals surface area contributed by atoms with Crippen molar-refractivity contribution >= 4 is 40.2 Å². The Morgan fingerprint density at radius 2 is 1.91 bits per heavy atom. The zero-order valence-corrected chi connectivity index (χ0v) is 14.0. The lowest BCUT2D eigenvalue weighted by Gasteiger charge is -2.04. The number of halogens is 1. The average molecular weight is 346 g/mol. The Balaban J connectivity index is 1.43. The highest BCUT2D eigenvalue weighted by molar-refractivity contribution is 7.98. The van der Waals surface area contributed by atoms with Gasteiger partial charge in [-0.15, -0.1) is 0 Å². The van der Waals surface area contributed by atoms with Crippen molar-refractivity contribution in [1.82, 2.24) is 5.32 Å². The zero-order chi connectivity index (χ0) is 16.1. The Morgan fingerprint density at radius 1 is 1.13 bits per heavy atom. The molecule has 1 N–H and O–H groups in total. The van der Waals surface area contributed by atoms with Crippen LogP contribution in [0.4, 0.5) is 0 Å². The van der Waals surface area contributed by atoms with Crippen LogP contribution >= 0.6 is 23.4 Å². The second-order valence-electron chi connectivity index (χ2n) is 5.08. The lowest BCUT2D eigenvalue weighted by Crippen LogP contribution is -2.25. The highest BCUT2D eigenvalue weighted by Gasteiger charge is 2.11. The van der Waals surface area contributed by atoms with E-state index in [1.54, 1.807) is 17.8 Å². The number of thioether (sulfide) groups is 1. The van der Waals surface area contributed by atoms with Gasteiger partial charge in [-0.3, -0.25) is 4.79 Å². The number of nitrogens with one attached hydrogen (secondary N) is 1. The molecule has 0 aliphatic rings. The molecule has 118 valence electrons. The van der Waals surface area contributed by atoms with Crippen molar-refractivity contribution in [3.8, 4) is 0 Å². The van der Waals surface area contributed by atoms with Crippen LogP contribution in [-0.2, 0) is 5.75 Å². The number of rotatable bonds is 6. The number of hydrogen-bond donors (Lipinski definition) is 1. The molecule has 0 atom stereocenters. The van der Waals surface area contributed by atoms with E-state index in [1.165, 1.54) is 5.56 Å². The van der Waals surface area contributed by atoms with Gasteiger partial charge in [0.15, 0.2) is 5.76 Å². The number of fused-ring (bicyclic) bond motifs is 1. The molecule has 0 fully saturated rings. The highest BCUT2D eigenvalue weighted by Crippen LogP contribution is 2.19. The van der Waals surface area contributed by atoms with Gasteiger partial charge in [-0.05, 0) is 29.8 Å². The predicted molar refractivity (Wildman–Crippen MR) is 96.2 cm³/mol. The Morgan fingerprint density at radius 3 is 2.70 bits per heavy atom. The van der Waals surface area contributed by atoms with Crippen LogP contribution in [0.3, 0.4) is 0 Å². The third-order valence-electron chi connectivity index (χ3n) is 3.36. The number of para-hydroxylation sites is 1. The van der Waals surface area contributed by atoms with E-state index in [9.17, 15) is 4.79 Å². The number of carbonyl (C=O) groups excluding carboxylic acids is 1. The molecule has 2 aromatic carbocycles. The van der Waals surface area contributed by atoms with Crippen LogP contribution in [-0.4, -0.2) is 18.2 Å². The summed E-state index contributed by atoms with van der Waals surface area (Å²) >= 11 is 7.62. The van der Waals surface area contributed by atoms with E-state index >= 15 is 0 Å². The maximum absolute atomic E-state index is 12.1. The fourth-order valence-electron chi connectivity index (χ4n) is 2.19. The van der Waals surface area contributed by atoms with Crippen molar-refractivity contribution in [2.45, 2.75) is 5.75 Å². The van der Waals surface area contributed by atoms with E-state index in [-0.39, 0.29) is 5.91 Å². The standard InChI is InChI=1S/C18H16ClNO2S/c19-15-7-5-13(6-8-15)12-23-10-9-20-18(21)17-11-14-3-1-2-4-16(14)22-17/h1-8,11H,9-10,12H2,(H,20,21). The van der Waals surface area contributed by atoms with Gasteiger partial charge in [0.05, 0.1) is 0 Å². The van der Waals surface area contributed by atoms with Crippen molar-refractivity contribution in [2.75, 3.05) is 12.3 Å². The SMILES string of the molecule is O=C(NCCSCc1ccc(Cl)cc1)c1cc2ccccc2o1. The summed E-state index contributed by atoms with van der Waals surface area (Å²) in [4.78, 5) is 12.1. The minimum Gasteiger partial charge on any atom is -0.451 e. The van der Waals surface area contributed by atoms with Crippen molar-refractivity contribution in [3.63, 3.8) is 0 Å². The molecule has 0 radical (unpaired) electrons. The van der Waals surface area contributed by atoms with E-state index < -0.39 is 0 Å².